The Bertz CT molecular complexity index is 678. The maximum atomic E-state index is 5.92. The lowest BCUT2D eigenvalue weighted by Gasteiger charge is -2.20. The second-order valence-corrected chi connectivity index (χ2v) is 6.11. The summed E-state index contributed by atoms with van der Waals surface area (Å²) in [5, 5.41) is 0. The average Bonchev–Trinajstić information content (AvgIpc) is 2.45. The van der Waals surface area contributed by atoms with Crippen molar-refractivity contribution in [1.82, 2.24) is 9.97 Å². The fraction of sp³-hybridized carbons (Fsp3) is 0.375. The van der Waals surface area contributed by atoms with Gasteiger partial charge in [0.1, 0.15) is 24.9 Å². The Morgan fingerprint density at radius 1 is 1.00 bits per heavy atom. The maximum Gasteiger partial charge on any atom is 0.162 e. The van der Waals surface area contributed by atoms with E-state index in [0.717, 1.165) is 28.6 Å². The van der Waals surface area contributed by atoms with Crippen LogP contribution in [0.4, 0.5) is 5.82 Å². The van der Waals surface area contributed by atoms with Crippen LogP contribution in [0.2, 0.25) is 0 Å². The lowest BCUT2D eigenvalue weighted by atomic mass is 9.95. The van der Waals surface area contributed by atoms with Gasteiger partial charge in [-0.2, -0.15) is 0 Å². The first-order valence-electron chi connectivity index (χ1n) is 6.98. The van der Waals surface area contributed by atoms with Crippen LogP contribution in [-0.4, -0.2) is 23.2 Å². The van der Waals surface area contributed by atoms with Crippen molar-refractivity contribution in [3.8, 4) is 22.8 Å². The number of nitrogens with zero attached hydrogens (tertiary/aromatic N) is 2. The van der Waals surface area contributed by atoms with Gasteiger partial charge in [0, 0.05) is 17.0 Å². The first-order chi connectivity index (χ1) is 9.93. The second kappa shape index (κ2) is 4.91. The highest BCUT2D eigenvalue weighted by Crippen LogP contribution is 2.34. The number of nitrogens with two attached hydrogens (primary N) is 1. The SMILES string of the molecule is CC(C)(C)c1nc(N)cc(-c2ccc3c(c2)OCCO3)n1. The van der Waals surface area contributed by atoms with Crippen molar-refractivity contribution < 1.29 is 9.47 Å². The molecule has 1 aromatic heterocycles. The van der Waals surface area contributed by atoms with Crippen LogP contribution in [0.5, 0.6) is 11.5 Å². The van der Waals surface area contributed by atoms with Crippen LogP contribution >= 0.6 is 0 Å². The van der Waals surface area contributed by atoms with E-state index < -0.39 is 0 Å². The first-order valence-corrected chi connectivity index (χ1v) is 6.98. The van der Waals surface area contributed by atoms with Crippen LogP contribution in [0.15, 0.2) is 24.3 Å². The molecule has 1 aromatic carbocycles. The summed E-state index contributed by atoms with van der Waals surface area (Å²) in [6.07, 6.45) is 0. The zero-order valence-electron chi connectivity index (χ0n) is 12.5. The molecule has 2 heterocycles. The third-order valence-electron chi connectivity index (χ3n) is 3.25. The summed E-state index contributed by atoms with van der Waals surface area (Å²) in [5.74, 6) is 2.71. The third-order valence-corrected chi connectivity index (χ3v) is 3.25. The number of rotatable bonds is 1. The molecule has 0 spiro atoms. The molecule has 0 atom stereocenters. The van der Waals surface area contributed by atoms with E-state index in [2.05, 4.69) is 30.7 Å². The van der Waals surface area contributed by atoms with Crippen LogP contribution in [-0.2, 0) is 5.41 Å². The Hall–Kier alpha value is -2.30. The van der Waals surface area contributed by atoms with Crippen molar-refractivity contribution in [2.24, 2.45) is 0 Å². The third kappa shape index (κ3) is 2.77. The van der Waals surface area contributed by atoms with E-state index in [1.165, 1.54) is 0 Å². The summed E-state index contributed by atoms with van der Waals surface area (Å²) in [4.78, 5) is 8.97. The molecule has 2 N–H and O–H groups in total. The lowest BCUT2D eigenvalue weighted by molar-refractivity contribution is 0.171. The molecule has 0 amide bonds. The number of ether oxygens (including phenoxy) is 2. The number of nitrogen functional groups attached to an aromatic ring is 1. The lowest BCUT2D eigenvalue weighted by Crippen LogP contribution is -2.17. The molecule has 5 nitrogen and oxygen atoms in total. The molecule has 0 bridgehead atoms. The predicted octanol–water partition coefficient (Wildman–Crippen LogP) is 2.79. The van der Waals surface area contributed by atoms with Gasteiger partial charge in [-0.25, -0.2) is 9.97 Å². The summed E-state index contributed by atoms with van der Waals surface area (Å²) >= 11 is 0. The average molecular weight is 285 g/mol. The van der Waals surface area contributed by atoms with Crippen molar-refractivity contribution in [2.45, 2.75) is 26.2 Å². The van der Waals surface area contributed by atoms with Crippen molar-refractivity contribution >= 4 is 5.82 Å². The van der Waals surface area contributed by atoms with Gasteiger partial charge in [0.25, 0.3) is 0 Å². The van der Waals surface area contributed by atoms with Gasteiger partial charge in [-0.3, -0.25) is 0 Å². The molecule has 0 saturated heterocycles. The van der Waals surface area contributed by atoms with Crippen molar-refractivity contribution in [2.75, 3.05) is 18.9 Å². The smallest absolute Gasteiger partial charge is 0.162 e. The van der Waals surface area contributed by atoms with Crippen LogP contribution in [0.1, 0.15) is 26.6 Å². The molecule has 0 aliphatic carbocycles. The van der Waals surface area contributed by atoms with E-state index in [9.17, 15) is 0 Å². The van der Waals surface area contributed by atoms with E-state index in [1.54, 1.807) is 6.07 Å². The molecular formula is C16H19N3O2. The topological polar surface area (TPSA) is 70.3 Å². The molecule has 0 fully saturated rings. The van der Waals surface area contributed by atoms with Gasteiger partial charge in [-0.15, -0.1) is 0 Å². The van der Waals surface area contributed by atoms with Crippen LogP contribution in [0, 0.1) is 0 Å². The minimum Gasteiger partial charge on any atom is -0.486 e. The van der Waals surface area contributed by atoms with Crippen molar-refractivity contribution in [3.63, 3.8) is 0 Å². The number of hydrogen-bond donors (Lipinski definition) is 1. The predicted molar refractivity (Wildman–Crippen MR) is 81.6 cm³/mol. The Balaban J connectivity index is 2.06. The quantitative estimate of drug-likeness (QED) is 0.872. The molecule has 1 aliphatic heterocycles. The van der Waals surface area contributed by atoms with Gasteiger partial charge in [0.15, 0.2) is 11.5 Å². The standard InChI is InChI=1S/C16H19N3O2/c1-16(2,3)15-18-11(9-14(17)19-15)10-4-5-12-13(8-10)21-7-6-20-12/h4-5,8-9H,6-7H2,1-3H3,(H2,17,18,19). The van der Waals surface area contributed by atoms with Crippen LogP contribution in [0.25, 0.3) is 11.3 Å². The zero-order valence-corrected chi connectivity index (χ0v) is 12.5. The highest BCUT2D eigenvalue weighted by molar-refractivity contribution is 5.66. The van der Waals surface area contributed by atoms with Gasteiger partial charge in [0.2, 0.25) is 0 Å². The number of benzene rings is 1. The summed E-state index contributed by atoms with van der Waals surface area (Å²) < 4.78 is 11.1. The molecule has 2 aromatic rings. The van der Waals surface area contributed by atoms with E-state index in [1.807, 2.05) is 18.2 Å². The molecule has 21 heavy (non-hydrogen) atoms. The minimum atomic E-state index is -0.155. The summed E-state index contributed by atoms with van der Waals surface area (Å²) in [6.45, 7) is 7.34. The van der Waals surface area contributed by atoms with E-state index in [4.69, 9.17) is 15.2 Å². The highest BCUT2D eigenvalue weighted by atomic mass is 16.6. The normalized spacial score (nSPS) is 14.0. The molecule has 3 rings (SSSR count). The van der Waals surface area contributed by atoms with Crippen LogP contribution < -0.4 is 15.2 Å². The maximum absolute atomic E-state index is 5.92. The van der Waals surface area contributed by atoms with E-state index >= 15 is 0 Å². The first kappa shape index (κ1) is 13.7. The number of anilines is 1. The molecule has 0 unspecified atom stereocenters. The Morgan fingerprint density at radius 2 is 1.71 bits per heavy atom. The Kier molecular flexibility index (Phi) is 3.20. The summed E-state index contributed by atoms with van der Waals surface area (Å²) in [6, 6.07) is 7.57. The highest BCUT2D eigenvalue weighted by Gasteiger charge is 2.20. The molecule has 0 saturated carbocycles. The zero-order chi connectivity index (χ0) is 15.0. The number of hydrogen-bond acceptors (Lipinski definition) is 5. The molecule has 1 aliphatic rings. The van der Waals surface area contributed by atoms with Crippen LogP contribution in [0.3, 0.4) is 0 Å². The fourth-order valence-electron chi connectivity index (χ4n) is 2.15. The van der Waals surface area contributed by atoms with E-state index in [-0.39, 0.29) is 5.41 Å². The number of aromatic nitrogens is 2. The monoisotopic (exact) mass is 285 g/mol. The molecule has 5 heteroatoms. The summed E-state index contributed by atoms with van der Waals surface area (Å²) in [5.41, 5.74) is 7.51. The van der Waals surface area contributed by atoms with Gasteiger partial charge in [-0.05, 0) is 18.2 Å². The van der Waals surface area contributed by atoms with E-state index in [0.29, 0.717) is 19.0 Å². The van der Waals surface area contributed by atoms with Gasteiger partial charge >= 0.3 is 0 Å². The Labute approximate surface area is 124 Å². The second-order valence-electron chi connectivity index (χ2n) is 6.11. The fourth-order valence-corrected chi connectivity index (χ4v) is 2.15. The molecule has 0 radical (unpaired) electrons. The minimum absolute atomic E-state index is 0.155. The van der Waals surface area contributed by atoms with Crippen molar-refractivity contribution in [3.05, 3.63) is 30.1 Å². The largest absolute Gasteiger partial charge is 0.486 e. The van der Waals surface area contributed by atoms with Gasteiger partial charge in [-0.1, -0.05) is 20.8 Å². The molecule has 110 valence electrons. The number of fused-ring (bicyclic) bond motifs is 1. The Morgan fingerprint density at radius 3 is 2.43 bits per heavy atom. The van der Waals surface area contributed by atoms with Gasteiger partial charge in [0.05, 0.1) is 5.69 Å². The molecular weight excluding hydrogens is 266 g/mol. The summed E-state index contributed by atoms with van der Waals surface area (Å²) in [7, 11) is 0. The van der Waals surface area contributed by atoms with Gasteiger partial charge < -0.3 is 15.2 Å². The van der Waals surface area contributed by atoms with Crippen molar-refractivity contribution in [1.29, 1.82) is 0 Å².